The van der Waals surface area contributed by atoms with Crippen LogP contribution in [0.25, 0.3) is 0 Å². The first-order chi connectivity index (χ1) is 20.1. The van der Waals surface area contributed by atoms with Gasteiger partial charge >= 0.3 is 0 Å². The molecule has 0 heterocycles. The smallest absolute Gasteiger partial charge is 0.264 e. The average molecular weight is 598 g/mol. The Hall–Kier alpha value is -4.12. The molecule has 0 radical (unpaired) electrons. The van der Waals surface area contributed by atoms with E-state index in [1.165, 1.54) is 48.4 Å². The number of rotatable bonds is 12. The molecule has 0 spiro atoms. The fourth-order valence-electron chi connectivity index (χ4n) is 4.91. The van der Waals surface area contributed by atoms with Crippen LogP contribution in [-0.2, 0) is 26.2 Å². The van der Waals surface area contributed by atoms with E-state index in [0.29, 0.717) is 11.5 Å². The number of hydrogen-bond acceptors (Lipinski definition) is 6. The van der Waals surface area contributed by atoms with Crippen LogP contribution in [0, 0.1) is 5.82 Å². The second-order valence-electron chi connectivity index (χ2n) is 10.2. The lowest BCUT2D eigenvalue weighted by Gasteiger charge is -2.32. The Balaban J connectivity index is 1.67. The van der Waals surface area contributed by atoms with Gasteiger partial charge in [-0.2, -0.15) is 0 Å². The number of amides is 2. The molecule has 0 aliphatic heterocycles. The maximum Gasteiger partial charge on any atom is 0.264 e. The monoisotopic (exact) mass is 597 g/mol. The van der Waals surface area contributed by atoms with Crippen molar-refractivity contribution in [3.63, 3.8) is 0 Å². The summed E-state index contributed by atoms with van der Waals surface area (Å²) in [5.74, 6) is -0.357. The van der Waals surface area contributed by atoms with Gasteiger partial charge in [0, 0.05) is 12.6 Å². The van der Waals surface area contributed by atoms with Gasteiger partial charge in [0.1, 0.15) is 29.9 Å². The molecule has 1 N–H and O–H groups in total. The van der Waals surface area contributed by atoms with Crippen LogP contribution in [0.4, 0.5) is 10.1 Å². The third-order valence-corrected chi connectivity index (χ3v) is 9.21. The number of nitrogens with zero attached hydrogens (tertiary/aromatic N) is 2. The largest absolute Gasteiger partial charge is 0.497 e. The summed E-state index contributed by atoms with van der Waals surface area (Å²) in [6, 6.07) is 16.8. The maximum absolute atomic E-state index is 14.0. The fraction of sp³-hybridized carbons (Fsp3) is 0.355. The van der Waals surface area contributed by atoms with Crippen molar-refractivity contribution in [2.75, 3.05) is 25.1 Å². The molecular formula is C31H36FN3O6S. The molecule has 1 fully saturated rings. The Morgan fingerprint density at radius 1 is 0.905 bits per heavy atom. The Morgan fingerprint density at radius 2 is 1.45 bits per heavy atom. The van der Waals surface area contributed by atoms with Crippen molar-refractivity contribution in [2.45, 2.75) is 56.1 Å². The molecule has 4 rings (SSSR count). The van der Waals surface area contributed by atoms with Gasteiger partial charge in [0.2, 0.25) is 11.8 Å². The molecular weight excluding hydrogens is 561 g/mol. The van der Waals surface area contributed by atoms with Gasteiger partial charge in [0.25, 0.3) is 10.0 Å². The first-order valence-corrected chi connectivity index (χ1v) is 15.2. The lowest BCUT2D eigenvalue weighted by Crippen LogP contribution is -2.52. The number of ether oxygens (including phenoxy) is 2. The minimum atomic E-state index is -4.28. The highest BCUT2D eigenvalue weighted by Gasteiger charge is 2.33. The van der Waals surface area contributed by atoms with E-state index in [1.54, 1.807) is 38.3 Å². The zero-order valence-electron chi connectivity index (χ0n) is 24.0. The highest BCUT2D eigenvalue weighted by atomic mass is 32.2. The third kappa shape index (κ3) is 7.39. The molecule has 11 heteroatoms. The average Bonchev–Trinajstić information content (AvgIpc) is 3.52. The number of anilines is 1. The maximum atomic E-state index is 14.0. The molecule has 224 valence electrons. The zero-order chi connectivity index (χ0) is 30.3. The van der Waals surface area contributed by atoms with Gasteiger partial charge in [0.05, 0.1) is 24.8 Å². The van der Waals surface area contributed by atoms with Crippen LogP contribution in [0.15, 0.2) is 77.7 Å². The molecule has 9 nitrogen and oxygen atoms in total. The van der Waals surface area contributed by atoms with Crippen molar-refractivity contribution >= 4 is 27.5 Å². The van der Waals surface area contributed by atoms with Crippen molar-refractivity contribution in [2.24, 2.45) is 0 Å². The Bertz CT molecular complexity index is 1460. The zero-order valence-corrected chi connectivity index (χ0v) is 24.8. The molecule has 1 aliphatic carbocycles. The van der Waals surface area contributed by atoms with Crippen molar-refractivity contribution < 1.29 is 31.9 Å². The topological polar surface area (TPSA) is 105 Å². The fourth-order valence-corrected chi connectivity index (χ4v) is 6.33. The van der Waals surface area contributed by atoms with Crippen molar-refractivity contribution in [3.8, 4) is 11.5 Å². The van der Waals surface area contributed by atoms with Gasteiger partial charge < -0.3 is 19.7 Å². The summed E-state index contributed by atoms with van der Waals surface area (Å²) >= 11 is 0. The summed E-state index contributed by atoms with van der Waals surface area (Å²) < 4.78 is 52.8. The number of halogens is 1. The molecule has 1 aliphatic rings. The van der Waals surface area contributed by atoms with Gasteiger partial charge in [-0.1, -0.05) is 25.0 Å². The van der Waals surface area contributed by atoms with Crippen LogP contribution in [0.3, 0.4) is 0 Å². The molecule has 0 saturated heterocycles. The second kappa shape index (κ2) is 13.7. The van der Waals surface area contributed by atoms with Crippen LogP contribution < -0.4 is 19.1 Å². The van der Waals surface area contributed by atoms with E-state index in [1.807, 2.05) is 0 Å². The molecule has 1 atom stereocenters. The lowest BCUT2D eigenvalue weighted by molar-refractivity contribution is -0.139. The van der Waals surface area contributed by atoms with E-state index in [0.717, 1.165) is 47.7 Å². The number of carbonyl (C=O) groups is 2. The Kier molecular flexibility index (Phi) is 10.1. The summed E-state index contributed by atoms with van der Waals surface area (Å²) in [6.07, 6.45) is 3.82. The standard InChI is InChI=1S/C31H36FN3O6S/c1-22(31(37)33-25-6-4-5-7-25)34(20-23-8-14-27(40-2)15-9-23)30(36)21-35(26-12-10-24(32)11-13-26)42(38,39)29-18-16-28(41-3)17-19-29/h8-19,22,25H,4-7,20-21H2,1-3H3,(H,33,37). The molecule has 1 saturated carbocycles. The normalized spacial score (nSPS) is 14.2. The van der Waals surface area contributed by atoms with E-state index in [9.17, 15) is 22.4 Å². The molecule has 42 heavy (non-hydrogen) atoms. The molecule has 0 aromatic heterocycles. The van der Waals surface area contributed by atoms with Gasteiger partial charge in [-0.15, -0.1) is 0 Å². The van der Waals surface area contributed by atoms with Crippen molar-refractivity contribution in [3.05, 3.63) is 84.2 Å². The quantitative estimate of drug-likeness (QED) is 0.329. The molecule has 0 bridgehead atoms. The van der Waals surface area contributed by atoms with Gasteiger partial charge in [-0.25, -0.2) is 12.8 Å². The number of carbonyl (C=O) groups excluding carboxylic acids is 2. The SMILES string of the molecule is COc1ccc(CN(C(=O)CN(c2ccc(F)cc2)S(=O)(=O)c2ccc(OC)cc2)C(C)C(=O)NC2CCCC2)cc1. The number of nitrogens with one attached hydrogen (secondary N) is 1. The van der Waals surface area contributed by atoms with E-state index >= 15 is 0 Å². The summed E-state index contributed by atoms with van der Waals surface area (Å²) in [6.45, 7) is 1.07. The number of sulfonamides is 1. The second-order valence-corrected chi connectivity index (χ2v) is 12.1. The van der Waals surface area contributed by atoms with E-state index in [2.05, 4.69) is 5.32 Å². The first-order valence-electron chi connectivity index (χ1n) is 13.8. The predicted octanol–water partition coefficient (Wildman–Crippen LogP) is 4.51. The van der Waals surface area contributed by atoms with Crippen LogP contribution in [-0.4, -0.2) is 58.0 Å². The van der Waals surface area contributed by atoms with Crippen molar-refractivity contribution in [1.82, 2.24) is 10.2 Å². The van der Waals surface area contributed by atoms with E-state index in [-0.39, 0.29) is 29.1 Å². The minimum absolute atomic E-state index is 0.0454. The van der Waals surface area contributed by atoms with Crippen LogP contribution in [0.5, 0.6) is 11.5 Å². The van der Waals surface area contributed by atoms with Crippen LogP contribution in [0.2, 0.25) is 0 Å². The van der Waals surface area contributed by atoms with Crippen LogP contribution in [0.1, 0.15) is 38.2 Å². The Labute approximate surface area is 246 Å². The summed E-state index contributed by atoms with van der Waals surface area (Å²) in [7, 11) is -1.26. The Morgan fingerprint density at radius 3 is 2.00 bits per heavy atom. The molecule has 3 aromatic rings. The van der Waals surface area contributed by atoms with Gasteiger partial charge in [-0.3, -0.25) is 13.9 Å². The summed E-state index contributed by atoms with van der Waals surface area (Å²) in [5.41, 5.74) is 0.837. The van der Waals surface area contributed by atoms with Gasteiger partial charge in [0.15, 0.2) is 0 Å². The molecule has 3 aromatic carbocycles. The number of methoxy groups -OCH3 is 2. The van der Waals surface area contributed by atoms with E-state index < -0.39 is 34.3 Å². The lowest BCUT2D eigenvalue weighted by atomic mass is 10.1. The highest BCUT2D eigenvalue weighted by molar-refractivity contribution is 7.92. The molecule has 1 unspecified atom stereocenters. The van der Waals surface area contributed by atoms with Crippen molar-refractivity contribution in [1.29, 1.82) is 0 Å². The van der Waals surface area contributed by atoms with Crippen LogP contribution >= 0.6 is 0 Å². The summed E-state index contributed by atoms with van der Waals surface area (Å²) in [4.78, 5) is 28.6. The van der Waals surface area contributed by atoms with Gasteiger partial charge in [-0.05, 0) is 86.0 Å². The predicted molar refractivity (Wildman–Crippen MR) is 157 cm³/mol. The number of hydrogen-bond donors (Lipinski definition) is 1. The third-order valence-electron chi connectivity index (χ3n) is 7.42. The summed E-state index contributed by atoms with van der Waals surface area (Å²) in [5, 5.41) is 3.04. The highest BCUT2D eigenvalue weighted by Crippen LogP contribution is 2.26. The minimum Gasteiger partial charge on any atom is -0.497 e. The molecule has 2 amide bonds. The van der Waals surface area contributed by atoms with E-state index in [4.69, 9.17) is 9.47 Å². The first kappa shape index (κ1) is 30.8. The number of benzene rings is 3.